The Morgan fingerprint density at radius 2 is 1.95 bits per heavy atom. The van der Waals surface area contributed by atoms with Gasteiger partial charge in [0.05, 0.1) is 10.7 Å². The van der Waals surface area contributed by atoms with Crippen molar-refractivity contribution in [2.24, 2.45) is 0 Å². The smallest absolute Gasteiger partial charge is 0.266 e. The summed E-state index contributed by atoms with van der Waals surface area (Å²) in [6.07, 6.45) is 1.30. The van der Waals surface area contributed by atoms with E-state index in [2.05, 4.69) is 5.32 Å². The van der Waals surface area contributed by atoms with Gasteiger partial charge in [-0.05, 0) is 30.3 Å². The number of para-hydroxylation sites is 1. The molecule has 6 heteroatoms. The van der Waals surface area contributed by atoms with E-state index in [9.17, 15) is 9.90 Å². The summed E-state index contributed by atoms with van der Waals surface area (Å²) in [5, 5.41) is 22.0. The first-order chi connectivity index (χ1) is 10.5. The van der Waals surface area contributed by atoms with Gasteiger partial charge in [0.1, 0.15) is 17.4 Å². The van der Waals surface area contributed by atoms with Gasteiger partial charge in [0, 0.05) is 10.6 Å². The van der Waals surface area contributed by atoms with Crippen LogP contribution in [-0.4, -0.2) is 11.0 Å². The number of nitrogens with zero attached hydrogens (tertiary/aromatic N) is 1. The van der Waals surface area contributed by atoms with Gasteiger partial charge in [-0.3, -0.25) is 4.79 Å². The third-order valence-electron chi connectivity index (χ3n) is 2.78. The lowest BCUT2D eigenvalue weighted by molar-refractivity contribution is -0.112. The molecule has 0 aliphatic carbocycles. The molecular formula is C16H10Cl2N2O2. The van der Waals surface area contributed by atoms with Gasteiger partial charge in [0.2, 0.25) is 0 Å². The lowest BCUT2D eigenvalue weighted by atomic mass is 10.1. The highest BCUT2D eigenvalue weighted by Crippen LogP contribution is 2.26. The molecule has 0 heterocycles. The molecule has 2 aromatic carbocycles. The van der Waals surface area contributed by atoms with Gasteiger partial charge >= 0.3 is 0 Å². The van der Waals surface area contributed by atoms with Crippen LogP contribution in [0.1, 0.15) is 5.56 Å². The molecular weight excluding hydrogens is 323 g/mol. The molecule has 0 spiro atoms. The molecule has 4 nitrogen and oxygen atoms in total. The zero-order chi connectivity index (χ0) is 16.1. The number of phenols is 1. The Labute approximate surface area is 137 Å². The van der Waals surface area contributed by atoms with Crippen molar-refractivity contribution in [1.29, 1.82) is 5.26 Å². The summed E-state index contributed by atoms with van der Waals surface area (Å²) in [6.45, 7) is 0. The molecule has 0 aromatic heterocycles. The Hall–Kier alpha value is -2.48. The van der Waals surface area contributed by atoms with Crippen LogP contribution in [0.25, 0.3) is 6.08 Å². The second kappa shape index (κ2) is 6.99. The van der Waals surface area contributed by atoms with Crippen LogP contribution in [0.2, 0.25) is 10.0 Å². The number of anilines is 1. The molecule has 0 saturated heterocycles. The lowest BCUT2D eigenvalue weighted by Gasteiger charge is -2.07. The van der Waals surface area contributed by atoms with E-state index in [0.717, 1.165) is 0 Å². The van der Waals surface area contributed by atoms with Crippen molar-refractivity contribution >= 4 is 40.9 Å². The van der Waals surface area contributed by atoms with Crippen LogP contribution >= 0.6 is 23.2 Å². The summed E-state index contributed by atoms with van der Waals surface area (Å²) in [7, 11) is 0. The number of nitrogens with one attached hydrogen (secondary N) is 1. The van der Waals surface area contributed by atoms with E-state index >= 15 is 0 Å². The van der Waals surface area contributed by atoms with E-state index in [1.54, 1.807) is 30.3 Å². The number of amides is 1. The predicted molar refractivity (Wildman–Crippen MR) is 86.8 cm³/mol. The normalized spacial score (nSPS) is 10.9. The fraction of sp³-hybridized carbons (Fsp3) is 0. The minimum absolute atomic E-state index is 0.0208. The number of halogens is 2. The maximum Gasteiger partial charge on any atom is 0.266 e. The zero-order valence-corrected chi connectivity index (χ0v) is 12.7. The van der Waals surface area contributed by atoms with Crippen LogP contribution in [-0.2, 0) is 4.79 Å². The molecule has 110 valence electrons. The highest BCUT2D eigenvalue weighted by molar-refractivity contribution is 6.36. The maximum absolute atomic E-state index is 12.1. The SMILES string of the molecule is N#C/C(=C\c1ccccc1O)C(=O)Nc1ccc(Cl)cc1Cl. The van der Waals surface area contributed by atoms with E-state index < -0.39 is 5.91 Å². The van der Waals surface area contributed by atoms with E-state index in [1.165, 1.54) is 24.3 Å². The van der Waals surface area contributed by atoms with Crippen molar-refractivity contribution in [3.8, 4) is 11.8 Å². The highest BCUT2D eigenvalue weighted by Gasteiger charge is 2.12. The summed E-state index contributed by atoms with van der Waals surface area (Å²) in [6, 6.07) is 12.8. The summed E-state index contributed by atoms with van der Waals surface area (Å²) in [5.41, 5.74) is 0.554. The van der Waals surface area contributed by atoms with Crippen LogP contribution in [0, 0.1) is 11.3 Å². The summed E-state index contributed by atoms with van der Waals surface area (Å²) in [5.74, 6) is -0.650. The van der Waals surface area contributed by atoms with Gasteiger partial charge in [0.15, 0.2) is 0 Å². The van der Waals surface area contributed by atoms with Crippen LogP contribution in [0.15, 0.2) is 48.0 Å². The van der Waals surface area contributed by atoms with Crippen molar-refractivity contribution in [2.75, 3.05) is 5.32 Å². The number of rotatable bonds is 3. The number of aromatic hydroxyl groups is 1. The van der Waals surface area contributed by atoms with Crippen molar-refractivity contribution < 1.29 is 9.90 Å². The summed E-state index contributed by atoms with van der Waals surface area (Å²) < 4.78 is 0. The Morgan fingerprint density at radius 3 is 2.59 bits per heavy atom. The summed E-state index contributed by atoms with van der Waals surface area (Å²) in [4.78, 5) is 12.1. The van der Waals surface area contributed by atoms with Crippen molar-refractivity contribution in [1.82, 2.24) is 0 Å². The first kappa shape index (κ1) is 15.9. The third kappa shape index (κ3) is 3.79. The number of phenolic OH excluding ortho intramolecular Hbond substituents is 1. The van der Waals surface area contributed by atoms with E-state index in [0.29, 0.717) is 16.3 Å². The molecule has 2 rings (SSSR count). The number of benzene rings is 2. The third-order valence-corrected chi connectivity index (χ3v) is 3.33. The highest BCUT2D eigenvalue weighted by atomic mass is 35.5. The number of carbonyl (C=O) groups is 1. The Bertz CT molecular complexity index is 795. The molecule has 0 unspecified atom stereocenters. The topological polar surface area (TPSA) is 73.1 Å². The predicted octanol–water partition coefficient (Wildman–Crippen LogP) is 4.24. The van der Waals surface area contributed by atoms with Gasteiger partial charge in [-0.25, -0.2) is 0 Å². The minimum Gasteiger partial charge on any atom is -0.507 e. The molecule has 22 heavy (non-hydrogen) atoms. The average Bonchev–Trinajstić information content (AvgIpc) is 2.49. The van der Waals surface area contributed by atoms with E-state index in [1.807, 2.05) is 0 Å². The minimum atomic E-state index is -0.630. The van der Waals surface area contributed by atoms with E-state index in [4.69, 9.17) is 28.5 Å². The number of carbonyl (C=O) groups excluding carboxylic acids is 1. The van der Waals surface area contributed by atoms with Gasteiger partial charge < -0.3 is 10.4 Å². The molecule has 0 aliphatic heterocycles. The molecule has 0 radical (unpaired) electrons. The number of nitriles is 1. The van der Waals surface area contributed by atoms with Crippen molar-refractivity contribution in [2.45, 2.75) is 0 Å². The first-order valence-corrected chi connectivity index (χ1v) is 6.93. The molecule has 1 amide bonds. The van der Waals surface area contributed by atoms with Crippen LogP contribution in [0.4, 0.5) is 5.69 Å². The standard InChI is InChI=1S/C16H10Cl2N2O2/c17-12-5-6-14(13(18)8-12)20-16(22)11(9-19)7-10-3-1-2-4-15(10)21/h1-8,21H,(H,20,22)/b11-7+. The van der Waals surface area contributed by atoms with Gasteiger partial charge in [-0.15, -0.1) is 0 Å². The first-order valence-electron chi connectivity index (χ1n) is 6.17. The quantitative estimate of drug-likeness (QED) is 0.652. The van der Waals surface area contributed by atoms with E-state index in [-0.39, 0.29) is 16.3 Å². The molecule has 0 saturated carbocycles. The Balaban J connectivity index is 2.27. The number of hydrogen-bond acceptors (Lipinski definition) is 3. The largest absolute Gasteiger partial charge is 0.507 e. The molecule has 0 atom stereocenters. The Morgan fingerprint density at radius 1 is 1.23 bits per heavy atom. The second-order valence-corrected chi connectivity index (χ2v) is 5.15. The van der Waals surface area contributed by atoms with Crippen LogP contribution in [0.5, 0.6) is 5.75 Å². The monoisotopic (exact) mass is 332 g/mol. The van der Waals surface area contributed by atoms with Gasteiger partial charge in [-0.2, -0.15) is 5.26 Å². The summed E-state index contributed by atoms with van der Waals surface area (Å²) >= 11 is 11.7. The lowest BCUT2D eigenvalue weighted by Crippen LogP contribution is -2.13. The average molecular weight is 333 g/mol. The molecule has 2 N–H and O–H groups in total. The molecule has 0 fully saturated rings. The maximum atomic E-state index is 12.1. The molecule has 2 aromatic rings. The molecule has 0 bridgehead atoms. The van der Waals surface area contributed by atoms with Crippen molar-refractivity contribution in [3.05, 3.63) is 63.6 Å². The Kier molecular flexibility index (Phi) is 5.05. The second-order valence-electron chi connectivity index (χ2n) is 4.31. The van der Waals surface area contributed by atoms with Crippen LogP contribution < -0.4 is 5.32 Å². The number of hydrogen-bond donors (Lipinski definition) is 2. The zero-order valence-electron chi connectivity index (χ0n) is 11.2. The fourth-order valence-corrected chi connectivity index (χ4v) is 2.15. The van der Waals surface area contributed by atoms with Gasteiger partial charge in [0.25, 0.3) is 5.91 Å². The molecule has 0 aliphatic rings. The van der Waals surface area contributed by atoms with Crippen LogP contribution in [0.3, 0.4) is 0 Å². The van der Waals surface area contributed by atoms with Crippen molar-refractivity contribution in [3.63, 3.8) is 0 Å². The fourth-order valence-electron chi connectivity index (χ4n) is 1.69. The van der Waals surface area contributed by atoms with Gasteiger partial charge in [-0.1, -0.05) is 41.4 Å².